The van der Waals surface area contributed by atoms with E-state index in [1.54, 1.807) is 0 Å². The van der Waals surface area contributed by atoms with Gasteiger partial charge in [-0.05, 0) is 10.4 Å². The van der Waals surface area contributed by atoms with E-state index < -0.39 is 5.50 Å². The second kappa shape index (κ2) is 1.78. The minimum atomic E-state index is -0.625. The molecule has 6 heteroatoms. The molecule has 1 heterocycles. The van der Waals surface area contributed by atoms with Gasteiger partial charge in [0.1, 0.15) is 0 Å². The Morgan fingerprint density at radius 1 is 1.29 bits per heavy atom. The molecule has 1 rings (SSSR count). The zero-order valence-electron chi connectivity index (χ0n) is 3.18. The van der Waals surface area contributed by atoms with Gasteiger partial charge in [-0.25, -0.2) is 0 Å². The van der Waals surface area contributed by atoms with E-state index >= 15 is 0 Å². The summed E-state index contributed by atoms with van der Waals surface area (Å²) < 4.78 is 9.74. The molecular formula is CHN4OS+. The van der Waals surface area contributed by atoms with Crippen LogP contribution < -0.4 is 0 Å². The van der Waals surface area contributed by atoms with Crippen LogP contribution in [0.4, 0.5) is 0 Å². The Morgan fingerprint density at radius 3 is 2.14 bits per heavy atom. The Hall–Kier alpha value is -0.780. The predicted molar refractivity (Wildman–Crippen MR) is 21.6 cm³/mol. The summed E-state index contributed by atoms with van der Waals surface area (Å²) >= 11 is 0.262. The van der Waals surface area contributed by atoms with Gasteiger partial charge in [0.2, 0.25) is 0 Å². The maximum absolute atomic E-state index is 9.74. The first-order valence-corrected chi connectivity index (χ1v) is 2.32. The fourth-order valence-electron chi connectivity index (χ4n) is 0.196. The minimum absolute atomic E-state index is 0.262. The lowest BCUT2D eigenvalue weighted by Gasteiger charge is -1.60. The third-order valence-corrected chi connectivity index (χ3v) is 0.788. The summed E-state index contributed by atoms with van der Waals surface area (Å²) in [5.41, 5.74) is -0.625. The summed E-state index contributed by atoms with van der Waals surface area (Å²) in [6.07, 6.45) is 0. The molecule has 1 aliphatic heterocycles. The van der Waals surface area contributed by atoms with Crippen LogP contribution in [-0.4, -0.2) is 5.50 Å². The van der Waals surface area contributed by atoms with Crippen molar-refractivity contribution in [2.45, 2.75) is 5.50 Å². The summed E-state index contributed by atoms with van der Waals surface area (Å²) in [5.74, 6) is 0. The fraction of sp³-hybridized carbons (Fsp3) is 1.00. The second-order valence-electron chi connectivity index (χ2n) is 0.832. The number of hydrogen-bond donors (Lipinski definition) is 0. The van der Waals surface area contributed by atoms with Gasteiger partial charge >= 0.3 is 17.2 Å². The van der Waals surface area contributed by atoms with Crippen molar-refractivity contribution in [1.82, 2.24) is 0 Å². The van der Waals surface area contributed by atoms with Crippen LogP contribution in [0.25, 0.3) is 0 Å². The monoisotopic (exact) mass is 117 g/mol. The first-order valence-electron chi connectivity index (χ1n) is 1.52. The van der Waals surface area contributed by atoms with E-state index in [9.17, 15) is 4.21 Å². The summed E-state index contributed by atoms with van der Waals surface area (Å²) in [5, 5.41) is 12.8. The van der Waals surface area contributed by atoms with Gasteiger partial charge in [-0.15, -0.1) is 0 Å². The Morgan fingerprint density at radius 2 is 1.86 bits per heavy atom. The molecule has 0 amide bonds. The largest absolute Gasteiger partial charge is 0.518 e. The van der Waals surface area contributed by atoms with Gasteiger partial charge in [0.05, 0.1) is 0 Å². The number of nitrogens with zero attached hydrogens (tertiary/aromatic N) is 4. The predicted octanol–water partition coefficient (Wildman–Crippen LogP) is 0.531. The van der Waals surface area contributed by atoms with Crippen molar-refractivity contribution in [3.63, 3.8) is 0 Å². The Balaban J connectivity index is 2.59. The molecule has 0 fully saturated rings. The number of hydrogen-bond acceptors (Lipinski definition) is 5. The first-order chi connectivity index (χ1) is 3.43. The molecule has 36 valence electrons. The molecule has 0 aromatic carbocycles. The molecule has 5 nitrogen and oxygen atoms in total. The molecule has 0 aliphatic carbocycles. The van der Waals surface area contributed by atoms with Gasteiger partial charge in [0, 0.05) is 4.21 Å². The quantitative estimate of drug-likeness (QED) is 0.462. The summed E-state index contributed by atoms with van der Waals surface area (Å²) in [7, 11) is 0. The van der Waals surface area contributed by atoms with Gasteiger partial charge in [-0.1, -0.05) is 10.2 Å². The third-order valence-electron chi connectivity index (χ3n) is 0.427. The lowest BCUT2D eigenvalue weighted by Crippen LogP contribution is -1.88. The van der Waals surface area contributed by atoms with Crippen LogP contribution in [0, 0.1) is 0 Å². The van der Waals surface area contributed by atoms with E-state index in [1.165, 1.54) is 0 Å². The molecule has 1 aliphatic rings. The van der Waals surface area contributed by atoms with E-state index in [1.807, 2.05) is 0 Å². The van der Waals surface area contributed by atoms with Crippen LogP contribution in [0.3, 0.4) is 0 Å². The topological polar surface area (TPSA) is 66.5 Å². The summed E-state index contributed by atoms with van der Waals surface area (Å²) in [6, 6.07) is 0. The van der Waals surface area contributed by atoms with Crippen LogP contribution in [-0.2, 0) is 15.9 Å². The van der Waals surface area contributed by atoms with Gasteiger partial charge in [-0.3, -0.25) is 0 Å². The molecule has 0 bridgehead atoms. The van der Waals surface area contributed by atoms with Crippen LogP contribution in [0.5, 0.6) is 0 Å². The van der Waals surface area contributed by atoms with Crippen LogP contribution in [0.15, 0.2) is 20.7 Å². The SMILES string of the molecule is O=[S+]C1N=NN=N1. The third kappa shape index (κ3) is 0.801. The van der Waals surface area contributed by atoms with Gasteiger partial charge < -0.3 is 0 Å². The molecule has 0 radical (unpaired) electrons. The standard InChI is InChI=1S/CHN4OS/c6-7-1-2-4-5-3-1/h1H/q+1. The van der Waals surface area contributed by atoms with Crippen LogP contribution in [0.2, 0.25) is 0 Å². The Kier molecular flexibility index (Phi) is 1.12. The van der Waals surface area contributed by atoms with Crippen molar-refractivity contribution in [3.8, 4) is 0 Å². The molecule has 0 aromatic rings. The molecule has 7 heavy (non-hydrogen) atoms. The van der Waals surface area contributed by atoms with Crippen molar-refractivity contribution in [3.05, 3.63) is 0 Å². The average Bonchev–Trinajstić information content (AvgIpc) is 2.14. The average molecular weight is 117 g/mol. The van der Waals surface area contributed by atoms with E-state index in [2.05, 4.69) is 20.7 Å². The molecule has 0 atom stereocenters. The van der Waals surface area contributed by atoms with Gasteiger partial charge in [-0.2, -0.15) is 0 Å². The summed E-state index contributed by atoms with van der Waals surface area (Å²) in [4.78, 5) is 0. The molecular weight excluding hydrogens is 116 g/mol. The van der Waals surface area contributed by atoms with Crippen molar-refractivity contribution in [2.75, 3.05) is 0 Å². The van der Waals surface area contributed by atoms with Crippen LogP contribution in [0.1, 0.15) is 0 Å². The van der Waals surface area contributed by atoms with Crippen molar-refractivity contribution in [1.29, 1.82) is 0 Å². The number of rotatable bonds is 1. The van der Waals surface area contributed by atoms with E-state index in [-0.39, 0.29) is 11.7 Å². The highest BCUT2D eigenvalue weighted by molar-refractivity contribution is 7.66. The Labute approximate surface area is 43.0 Å². The second-order valence-corrected chi connectivity index (χ2v) is 1.45. The molecule has 0 aromatic heterocycles. The highest BCUT2D eigenvalue weighted by Gasteiger charge is 2.21. The summed E-state index contributed by atoms with van der Waals surface area (Å²) in [6.45, 7) is 0. The maximum Gasteiger partial charge on any atom is 0.518 e. The zero-order valence-corrected chi connectivity index (χ0v) is 4.00. The van der Waals surface area contributed by atoms with Crippen molar-refractivity contribution in [2.24, 2.45) is 20.7 Å². The lowest BCUT2D eigenvalue weighted by atomic mass is 11.2. The van der Waals surface area contributed by atoms with E-state index in [4.69, 9.17) is 0 Å². The zero-order chi connectivity index (χ0) is 5.11. The highest BCUT2D eigenvalue weighted by Crippen LogP contribution is 2.01. The molecule has 0 spiro atoms. The molecule has 0 unspecified atom stereocenters. The fourth-order valence-corrected chi connectivity index (χ4v) is 0.357. The van der Waals surface area contributed by atoms with E-state index in [0.717, 1.165) is 0 Å². The first kappa shape index (κ1) is 4.38. The van der Waals surface area contributed by atoms with Gasteiger partial charge in [0.15, 0.2) is 0 Å². The normalized spacial score (nSPS) is 18.3. The highest BCUT2D eigenvalue weighted by atomic mass is 32.1. The molecule has 0 saturated heterocycles. The minimum Gasteiger partial charge on any atom is -0.0716 e. The lowest BCUT2D eigenvalue weighted by molar-refractivity contribution is 0.599. The molecule has 0 saturated carbocycles. The van der Waals surface area contributed by atoms with Crippen molar-refractivity contribution >= 4 is 11.7 Å². The maximum atomic E-state index is 9.74. The van der Waals surface area contributed by atoms with Crippen LogP contribution >= 0.6 is 0 Å². The molecule has 0 N–H and O–H groups in total. The van der Waals surface area contributed by atoms with Gasteiger partial charge in [0.25, 0.3) is 0 Å². The smallest absolute Gasteiger partial charge is 0.0716 e. The Bertz CT molecular complexity index is 118. The van der Waals surface area contributed by atoms with Crippen molar-refractivity contribution < 1.29 is 4.21 Å². The van der Waals surface area contributed by atoms with E-state index in [0.29, 0.717) is 0 Å².